The van der Waals surface area contributed by atoms with Crippen LogP contribution in [0.1, 0.15) is 30.5 Å². The second kappa shape index (κ2) is 15.0. The summed E-state index contributed by atoms with van der Waals surface area (Å²) in [6, 6.07) is 21.5. The van der Waals surface area contributed by atoms with Crippen LogP contribution in [0.25, 0.3) is 0 Å². The van der Waals surface area contributed by atoms with Crippen LogP contribution in [0.2, 0.25) is 5.02 Å². The lowest BCUT2D eigenvalue weighted by atomic mass is 10.0. The average molecular weight is 690 g/mol. The number of benzene rings is 4. The zero-order valence-electron chi connectivity index (χ0n) is 25.4. The van der Waals surface area contributed by atoms with Gasteiger partial charge in [0.2, 0.25) is 11.8 Å². The molecule has 0 saturated heterocycles. The Kier molecular flexibility index (Phi) is 11.3. The van der Waals surface area contributed by atoms with E-state index < -0.39 is 57.7 Å². The maximum absolute atomic E-state index is 14.4. The summed E-state index contributed by atoms with van der Waals surface area (Å²) in [6.07, 6.45) is -4.84. The molecular formula is C34H32ClF4N3O4S. The number of nitrogens with zero attached hydrogens (tertiary/aromatic N) is 2. The third-order valence-corrected chi connectivity index (χ3v) is 9.21. The summed E-state index contributed by atoms with van der Waals surface area (Å²) in [5, 5.41) is 2.44. The van der Waals surface area contributed by atoms with Gasteiger partial charge < -0.3 is 10.2 Å². The molecule has 0 bridgehead atoms. The minimum atomic E-state index is -4.85. The average Bonchev–Trinajstić information content (AvgIpc) is 3.02. The first-order chi connectivity index (χ1) is 22.2. The molecule has 0 unspecified atom stereocenters. The Morgan fingerprint density at radius 3 is 2.02 bits per heavy atom. The number of carbonyl (C=O) groups is 2. The van der Waals surface area contributed by atoms with E-state index in [4.69, 9.17) is 11.6 Å². The van der Waals surface area contributed by atoms with Gasteiger partial charge in [0.05, 0.1) is 21.2 Å². The van der Waals surface area contributed by atoms with Crippen LogP contribution in [0.15, 0.2) is 108 Å². The number of sulfonamides is 1. The van der Waals surface area contributed by atoms with Crippen molar-refractivity contribution in [2.75, 3.05) is 10.8 Å². The number of anilines is 1. The molecule has 0 saturated carbocycles. The topological polar surface area (TPSA) is 86.8 Å². The molecular weight excluding hydrogens is 658 g/mol. The Hall–Kier alpha value is -4.42. The molecule has 0 fully saturated rings. The summed E-state index contributed by atoms with van der Waals surface area (Å²) < 4.78 is 83.8. The van der Waals surface area contributed by atoms with Crippen LogP contribution < -0.4 is 9.62 Å². The van der Waals surface area contributed by atoms with E-state index in [1.165, 1.54) is 48.5 Å². The Labute approximate surface area is 275 Å². The molecule has 0 aliphatic carbocycles. The number of hydrogen-bond acceptors (Lipinski definition) is 4. The van der Waals surface area contributed by atoms with Crippen molar-refractivity contribution in [1.82, 2.24) is 10.2 Å². The van der Waals surface area contributed by atoms with Gasteiger partial charge in [0.1, 0.15) is 18.4 Å². The molecule has 0 spiro atoms. The quantitative estimate of drug-likeness (QED) is 0.165. The first kappa shape index (κ1) is 35.4. The van der Waals surface area contributed by atoms with Crippen LogP contribution in [0, 0.1) is 5.82 Å². The molecule has 4 rings (SSSR count). The molecule has 7 nitrogen and oxygen atoms in total. The predicted molar refractivity (Wildman–Crippen MR) is 172 cm³/mol. The van der Waals surface area contributed by atoms with E-state index >= 15 is 0 Å². The lowest BCUT2D eigenvalue weighted by Crippen LogP contribution is -2.54. The Morgan fingerprint density at radius 1 is 0.851 bits per heavy atom. The third-order valence-electron chi connectivity index (χ3n) is 7.12. The molecule has 0 aliphatic rings. The molecule has 47 heavy (non-hydrogen) atoms. The minimum Gasteiger partial charge on any atom is -0.352 e. The van der Waals surface area contributed by atoms with E-state index in [-0.39, 0.29) is 28.9 Å². The van der Waals surface area contributed by atoms with Gasteiger partial charge in [-0.3, -0.25) is 13.9 Å². The summed E-state index contributed by atoms with van der Waals surface area (Å²) in [4.78, 5) is 28.9. The highest BCUT2D eigenvalue weighted by Gasteiger charge is 2.37. The molecule has 13 heteroatoms. The first-order valence-corrected chi connectivity index (χ1v) is 16.3. The number of amides is 2. The van der Waals surface area contributed by atoms with Gasteiger partial charge in [0.25, 0.3) is 10.0 Å². The minimum absolute atomic E-state index is 0.0160. The number of hydrogen-bond donors (Lipinski definition) is 1. The SMILES string of the molecule is CC(C)NC(=O)[C@H](Cc1ccccc1)N(Cc1ccc(F)cc1)C(=O)CN(c1cc(C(F)(F)F)ccc1Cl)S(=O)(=O)c1ccccc1. The molecule has 4 aromatic rings. The molecule has 0 heterocycles. The van der Waals surface area contributed by atoms with Crippen molar-refractivity contribution >= 4 is 39.1 Å². The van der Waals surface area contributed by atoms with Crippen LogP contribution >= 0.6 is 11.6 Å². The summed E-state index contributed by atoms with van der Waals surface area (Å²) in [5.74, 6) is -2.00. The van der Waals surface area contributed by atoms with Crippen molar-refractivity contribution in [1.29, 1.82) is 0 Å². The maximum Gasteiger partial charge on any atom is 0.416 e. The largest absolute Gasteiger partial charge is 0.416 e. The standard InChI is InChI=1S/C34H32ClF4N3O4S/c1-23(2)40-33(44)31(19-24-9-5-3-6-10-24)41(21-25-13-16-27(36)17-14-25)32(43)22-42(47(45,46)28-11-7-4-8-12-28)30-20-26(34(37,38)39)15-18-29(30)35/h3-18,20,23,31H,19,21-22H2,1-2H3,(H,40,44)/t31-/m0/s1. The first-order valence-electron chi connectivity index (χ1n) is 14.5. The van der Waals surface area contributed by atoms with Crippen LogP contribution in [0.5, 0.6) is 0 Å². The normalized spacial score (nSPS) is 12.4. The Bertz CT molecular complexity index is 1790. The fourth-order valence-electron chi connectivity index (χ4n) is 4.83. The predicted octanol–water partition coefficient (Wildman–Crippen LogP) is 6.86. The summed E-state index contributed by atoms with van der Waals surface area (Å²) >= 11 is 6.32. The molecule has 0 aliphatic heterocycles. The zero-order valence-corrected chi connectivity index (χ0v) is 27.0. The molecule has 2 amide bonds. The third kappa shape index (κ3) is 9.11. The van der Waals surface area contributed by atoms with Gasteiger partial charge in [-0.05, 0) is 67.4 Å². The van der Waals surface area contributed by atoms with Crippen molar-refractivity contribution < 1.29 is 35.6 Å². The number of carbonyl (C=O) groups excluding carboxylic acids is 2. The van der Waals surface area contributed by atoms with Gasteiger partial charge in [0.15, 0.2) is 0 Å². The molecule has 248 valence electrons. The number of rotatable bonds is 12. The van der Waals surface area contributed by atoms with Crippen LogP contribution in [0.4, 0.5) is 23.2 Å². The number of nitrogens with one attached hydrogen (secondary N) is 1. The second-order valence-corrected chi connectivity index (χ2v) is 13.3. The van der Waals surface area contributed by atoms with E-state index in [0.29, 0.717) is 27.6 Å². The number of alkyl halides is 3. The van der Waals surface area contributed by atoms with Gasteiger partial charge in [-0.15, -0.1) is 0 Å². The molecule has 0 aromatic heterocycles. The van der Waals surface area contributed by atoms with Crippen molar-refractivity contribution in [2.45, 2.75) is 50.0 Å². The summed E-state index contributed by atoms with van der Waals surface area (Å²) in [6.45, 7) is 2.19. The Morgan fingerprint density at radius 2 is 1.45 bits per heavy atom. The Balaban J connectivity index is 1.87. The van der Waals surface area contributed by atoms with E-state index in [2.05, 4.69) is 5.32 Å². The van der Waals surface area contributed by atoms with E-state index in [1.807, 2.05) is 0 Å². The maximum atomic E-state index is 14.4. The van der Waals surface area contributed by atoms with Gasteiger partial charge in [-0.25, -0.2) is 12.8 Å². The van der Waals surface area contributed by atoms with Gasteiger partial charge >= 0.3 is 6.18 Å². The lowest BCUT2D eigenvalue weighted by Gasteiger charge is -2.34. The zero-order chi connectivity index (χ0) is 34.4. The van der Waals surface area contributed by atoms with Crippen molar-refractivity contribution in [3.05, 3.63) is 131 Å². The summed E-state index contributed by atoms with van der Waals surface area (Å²) in [7, 11) is -4.69. The highest BCUT2D eigenvalue weighted by molar-refractivity contribution is 7.92. The monoisotopic (exact) mass is 689 g/mol. The fraction of sp³-hybridized carbons (Fsp3) is 0.235. The lowest BCUT2D eigenvalue weighted by molar-refractivity contribution is -0.140. The van der Waals surface area contributed by atoms with Crippen molar-refractivity contribution in [3.8, 4) is 0 Å². The molecule has 4 aromatic carbocycles. The molecule has 1 atom stereocenters. The van der Waals surface area contributed by atoms with E-state index in [9.17, 15) is 35.6 Å². The van der Waals surface area contributed by atoms with Crippen LogP contribution in [-0.4, -0.2) is 43.8 Å². The van der Waals surface area contributed by atoms with Crippen molar-refractivity contribution in [3.63, 3.8) is 0 Å². The molecule has 0 radical (unpaired) electrons. The van der Waals surface area contributed by atoms with Gasteiger partial charge in [0, 0.05) is 19.0 Å². The second-order valence-electron chi connectivity index (χ2n) is 11.0. The molecule has 1 N–H and O–H groups in total. The van der Waals surface area contributed by atoms with Crippen LogP contribution in [-0.2, 0) is 38.8 Å². The highest BCUT2D eigenvalue weighted by Crippen LogP contribution is 2.37. The fourth-order valence-corrected chi connectivity index (χ4v) is 6.55. The smallest absolute Gasteiger partial charge is 0.352 e. The van der Waals surface area contributed by atoms with Crippen LogP contribution in [0.3, 0.4) is 0 Å². The van der Waals surface area contributed by atoms with Crippen molar-refractivity contribution in [2.24, 2.45) is 0 Å². The van der Waals surface area contributed by atoms with Gasteiger partial charge in [-0.2, -0.15) is 13.2 Å². The van der Waals surface area contributed by atoms with E-state index in [0.717, 1.165) is 11.0 Å². The van der Waals surface area contributed by atoms with Gasteiger partial charge in [-0.1, -0.05) is 72.3 Å². The number of halogens is 5. The van der Waals surface area contributed by atoms with E-state index in [1.54, 1.807) is 50.2 Å². The summed E-state index contributed by atoms with van der Waals surface area (Å²) in [5.41, 5.74) is -0.654. The highest BCUT2D eigenvalue weighted by atomic mass is 35.5.